The monoisotopic (exact) mass is 111 g/mol. The highest BCUT2D eigenvalue weighted by molar-refractivity contribution is 5.86. The topological polar surface area (TPSA) is 29.1 Å². The molecule has 0 unspecified atom stereocenters. The third-order valence-corrected chi connectivity index (χ3v) is 2.18. The summed E-state index contributed by atoms with van der Waals surface area (Å²) in [5, 5.41) is 2.87. The average molecular weight is 111 g/mol. The van der Waals surface area contributed by atoms with Crippen molar-refractivity contribution in [2.45, 2.75) is 25.3 Å². The Hall–Kier alpha value is -0.530. The van der Waals surface area contributed by atoms with E-state index in [2.05, 4.69) is 5.32 Å². The quantitative estimate of drug-likeness (QED) is 0.447. The Morgan fingerprint density at radius 1 is 1.50 bits per heavy atom. The molecule has 0 aromatic heterocycles. The van der Waals surface area contributed by atoms with Crippen molar-refractivity contribution >= 4 is 5.91 Å². The number of amides is 1. The van der Waals surface area contributed by atoms with Gasteiger partial charge in [-0.25, -0.2) is 0 Å². The van der Waals surface area contributed by atoms with Crippen molar-refractivity contribution in [2.75, 3.05) is 0 Å². The first kappa shape index (κ1) is 4.36. The van der Waals surface area contributed by atoms with E-state index in [9.17, 15) is 4.79 Å². The number of rotatable bonds is 0. The molecule has 2 nitrogen and oxygen atoms in total. The fraction of sp³-hybridized carbons (Fsp3) is 0.833. The van der Waals surface area contributed by atoms with Crippen LogP contribution in [0.4, 0.5) is 0 Å². The highest BCUT2D eigenvalue weighted by Crippen LogP contribution is 2.31. The van der Waals surface area contributed by atoms with E-state index in [1.165, 1.54) is 12.8 Å². The largest absolute Gasteiger partial charge is 0.352 e. The summed E-state index contributed by atoms with van der Waals surface area (Å²) in [5.41, 5.74) is 0. The number of hydrogen-bond donors (Lipinski definition) is 1. The van der Waals surface area contributed by atoms with Gasteiger partial charge in [-0.2, -0.15) is 0 Å². The van der Waals surface area contributed by atoms with Crippen LogP contribution in [0, 0.1) is 5.92 Å². The van der Waals surface area contributed by atoms with Gasteiger partial charge in [0.05, 0.1) is 5.92 Å². The molecule has 0 aromatic carbocycles. The van der Waals surface area contributed by atoms with Crippen molar-refractivity contribution in [1.29, 1.82) is 0 Å². The summed E-state index contributed by atoms with van der Waals surface area (Å²) in [5.74, 6) is 0.697. The van der Waals surface area contributed by atoms with Crippen LogP contribution in [0.5, 0.6) is 0 Å². The van der Waals surface area contributed by atoms with Crippen LogP contribution in [-0.2, 0) is 4.79 Å². The molecule has 0 bridgehead atoms. The Kier molecular flexibility index (Phi) is 0.678. The minimum absolute atomic E-state index is 0.285. The highest BCUT2D eigenvalue weighted by Gasteiger charge is 2.41. The zero-order valence-corrected chi connectivity index (χ0v) is 4.68. The first-order chi connectivity index (χ1) is 3.88. The molecule has 2 heteroatoms. The fourth-order valence-corrected chi connectivity index (χ4v) is 1.64. The third-order valence-electron chi connectivity index (χ3n) is 2.18. The Morgan fingerprint density at radius 2 is 2.38 bits per heavy atom. The Morgan fingerprint density at radius 3 is 2.88 bits per heavy atom. The summed E-state index contributed by atoms with van der Waals surface area (Å²) < 4.78 is 0. The molecule has 44 valence electrons. The van der Waals surface area contributed by atoms with Gasteiger partial charge < -0.3 is 5.32 Å². The van der Waals surface area contributed by atoms with Crippen LogP contribution in [-0.4, -0.2) is 11.9 Å². The maximum absolute atomic E-state index is 10.6. The van der Waals surface area contributed by atoms with Crippen molar-refractivity contribution in [3.63, 3.8) is 0 Å². The fourth-order valence-electron chi connectivity index (χ4n) is 1.64. The van der Waals surface area contributed by atoms with E-state index in [1.807, 2.05) is 0 Å². The van der Waals surface area contributed by atoms with Gasteiger partial charge >= 0.3 is 0 Å². The second-order valence-corrected chi connectivity index (χ2v) is 2.65. The standard InChI is InChI=1S/C6H9NO/c8-6-4-2-1-3-5(4)7-6/h4-5H,1-3H2,(H,7,8)/t4-,5+/m1/s1. The van der Waals surface area contributed by atoms with E-state index in [0.29, 0.717) is 12.0 Å². The molecule has 1 N–H and O–H groups in total. The van der Waals surface area contributed by atoms with Crippen LogP contribution in [0.15, 0.2) is 0 Å². The predicted octanol–water partition coefficient (Wildman–Crippen LogP) is 0.285. The minimum atomic E-state index is 0.285. The molecule has 1 aliphatic carbocycles. The second kappa shape index (κ2) is 1.24. The van der Waals surface area contributed by atoms with Crippen molar-refractivity contribution in [3.8, 4) is 0 Å². The maximum Gasteiger partial charge on any atom is 0.225 e. The lowest BCUT2D eigenvalue weighted by Crippen LogP contribution is -2.54. The first-order valence-electron chi connectivity index (χ1n) is 3.18. The van der Waals surface area contributed by atoms with Gasteiger partial charge in [-0.15, -0.1) is 0 Å². The summed E-state index contributed by atoms with van der Waals surface area (Å²) >= 11 is 0. The van der Waals surface area contributed by atoms with Crippen molar-refractivity contribution in [3.05, 3.63) is 0 Å². The van der Waals surface area contributed by atoms with Crippen LogP contribution in [0.3, 0.4) is 0 Å². The lowest BCUT2D eigenvalue weighted by atomic mass is 9.95. The molecular weight excluding hydrogens is 102 g/mol. The van der Waals surface area contributed by atoms with Gasteiger partial charge in [-0.05, 0) is 12.8 Å². The molecule has 0 aromatic rings. The molecule has 0 radical (unpaired) electrons. The van der Waals surface area contributed by atoms with E-state index in [0.717, 1.165) is 6.42 Å². The van der Waals surface area contributed by atoms with Crippen LogP contribution in [0.25, 0.3) is 0 Å². The Labute approximate surface area is 48.3 Å². The van der Waals surface area contributed by atoms with Gasteiger partial charge in [0.15, 0.2) is 0 Å². The molecule has 1 amide bonds. The van der Waals surface area contributed by atoms with Crippen molar-refractivity contribution < 1.29 is 4.79 Å². The summed E-state index contributed by atoms with van der Waals surface area (Å²) in [6.45, 7) is 0. The second-order valence-electron chi connectivity index (χ2n) is 2.65. The highest BCUT2D eigenvalue weighted by atomic mass is 16.2. The van der Waals surface area contributed by atoms with E-state index in [-0.39, 0.29) is 5.91 Å². The van der Waals surface area contributed by atoms with Crippen LogP contribution >= 0.6 is 0 Å². The number of β-lactam (4-membered cyclic amide) rings is 1. The SMILES string of the molecule is O=C1N[C@H]2CCC[C@@H]12. The van der Waals surface area contributed by atoms with Crippen LogP contribution in [0.1, 0.15) is 19.3 Å². The smallest absolute Gasteiger partial charge is 0.225 e. The van der Waals surface area contributed by atoms with Gasteiger partial charge in [-0.1, -0.05) is 6.42 Å². The average Bonchev–Trinajstić information content (AvgIpc) is 2.09. The summed E-state index contributed by atoms with van der Waals surface area (Å²) in [4.78, 5) is 10.6. The molecule has 2 rings (SSSR count). The molecule has 0 spiro atoms. The molecule has 1 heterocycles. The zero-order chi connectivity index (χ0) is 5.56. The molecule has 2 atom stereocenters. The summed E-state index contributed by atoms with van der Waals surface area (Å²) in [6, 6.07) is 0.572. The molecule has 2 aliphatic rings. The molecular formula is C6H9NO. The van der Waals surface area contributed by atoms with Gasteiger partial charge in [0.2, 0.25) is 5.91 Å². The molecule has 1 saturated heterocycles. The van der Waals surface area contributed by atoms with Crippen molar-refractivity contribution in [1.82, 2.24) is 5.32 Å². The molecule has 2 fully saturated rings. The normalized spacial score (nSPS) is 42.8. The van der Waals surface area contributed by atoms with Gasteiger partial charge in [0.25, 0.3) is 0 Å². The lowest BCUT2D eigenvalue weighted by Gasteiger charge is -2.30. The Bertz CT molecular complexity index is 132. The van der Waals surface area contributed by atoms with E-state index >= 15 is 0 Å². The van der Waals surface area contributed by atoms with Crippen molar-refractivity contribution in [2.24, 2.45) is 5.92 Å². The lowest BCUT2D eigenvalue weighted by molar-refractivity contribution is -0.133. The molecule has 1 saturated carbocycles. The minimum Gasteiger partial charge on any atom is -0.352 e. The Balaban J connectivity index is 2.11. The van der Waals surface area contributed by atoms with Crippen LogP contribution in [0.2, 0.25) is 0 Å². The predicted molar refractivity (Wildman–Crippen MR) is 29.3 cm³/mol. The molecule has 8 heavy (non-hydrogen) atoms. The summed E-state index contributed by atoms with van der Waals surface area (Å²) in [6.07, 6.45) is 3.60. The van der Waals surface area contributed by atoms with Gasteiger partial charge in [0.1, 0.15) is 0 Å². The van der Waals surface area contributed by atoms with E-state index in [1.54, 1.807) is 0 Å². The first-order valence-corrected chi connectivity index (χ1v) is 3.18. The van der Waals surface area contributed by atoms with Crippen LogP contribution < -0.4 is 5.32 Å². The number of carbonyl (C=O) groups is 1. The maximum atomic E-state index is 10.6. The number of carbonyl (C=O) groups excluding carboxylic acids is 1. The molecule has 1 aliphatic heterocycles. The zero-order valence-electron chi connectivity index (χ0n) is 4.68. The van der Waals surface area contributed by atoms with Gasteiger partial charge in [0, 0.05) is 6.04 Å². The summed E-state index contributed by atoms with van der Waals surface area (Å²) in [7, 11) is 0. The number of nitrogens with one attached hydrogen (secondary N) is 1. The third kappa shape index (κ3) is 0.358. The van der Waals surface area contributed by atoms with E-state index in [4.69, 9.17) is 0 Å². The van der Waals surface area contributed by atoms with E-state index < -0.39 is 0 Å². The number of hydrogen-bond acceptors (Lipinski definition) is 1. The number of fused-ring (bicyclic) bond motifs is 1. The van der Waals surface area contributed by atoms with Gasteiger partial charge in [-0.3, -0.25) is 4.79 Å².